The standard InChI is InChI=1S/C30H27N5O2S2/c1-3-4-19-34-28(37)25(30-33(2)22-17-11-12-18-23(22)38-30)39-29(34)24-26(31-20-13-7-5-8-14-20)32-35(27(24)36)21-15-9-6-10-16-21/h5-18H,3-4,19H2,1-2H3,(H,31,32)/b29-24?,30-25-. The van der Waals surface area contributed by atoms with Crippen LogP contribution in [-0.2, 0) is 11.3 Å². The van der Waals surface area contributed by atoms with Crippen LogP contribution in [-0.4, -0.2) is 23.4 Å². The molecule has 0 spiro atoms. The van der Waals surface area contributed by atoms with Gasteiger partial charge < -0.3 is 4.90 Å². The molecule has 2 aliphatic heterocycles. The van der Waals surface area contributed by atoms with Crippen molar-refractivity contribution in [2.45, 2.75) is 31.2 Å². The molecule has 9 heteroatoms. The highest BCUT2D eigenvalue weighted by Crippen LogP contribution is 2.45. The molecular weight excluding hydrogens is 526 g/mol. The van der Waals surface area contributed by atoms with Crippen LogP contribution in [0.1, 0.15) is 19.8 Å². The van der Waals surface area contributed by atoms with Gasteiger partial charge in [0.05, 0.1) is 17.1 Å². The summed E-state index contributed by atoms with van der Waals surface area (Å²) in [7, 11) is 1.98. The molecule has 0 unspecified atom stereocenters. The Morgan fingerprint density at radius 1 is 0.897 bits per heavy atom. The summed E-state index contributed by atoms with van der Waals surface area (Å²) in [6.45, 7) is 2.62. The maximum atomic E-state index is 14.0. The molecule has 196 valence electrons. The molecule has 1 fully saturated rings. The number of thioether (sulfide) groups is 1. The van der Waals surface area contributed by atoms with Crippen LogP contribution < -0.4 is 30.1 Å². The number of benzene rings is 3. The van der Waals surface area contributed by atoms with E-state index in [4.69, 9.17) is 4.99 Å². The van der Waals surface area contributed by atoms with Crippen LogP contribution >= 0.6 is 23.1 Å². The lowest BCUT2D eigenvalue weighted by Crippen LogP contribution is -2.36. The molecule has 39 heavy (non-hydrogen) atoms. The van der Waals surface area contributed by atoms with Crippen molar-refractivity contribution in [2.75, 3.05) is 17.0 Å². The first-order chi connectivity index (χ1) is 19.1. The summed E-state index contributed by atoms with van der Waals surface area (Å²) >= 11 is 2.96. The first-order valence-electron chi connectivity index (χ1n) is 12.9. The van der Waals surface area contributed by atoms with Crippen molar-refractivity contribution in [3.05, 3.63) is 104 Å². The van der Waals surface area contributed by atoms with Crippen molar-refractivity contribution in [3.8, 4) is 0 Å². The number of carbonyl (C=O) groups excluding carboxylic acids is 1. The average molecular weight is 554 g/mol. The lowest BCUT2D eigenvalue weighted by Gasteiger charge is -2.14. The molecular formula is C30H27N5O2S2. The van der Waals surface area contributed by atoms with Crippen LogP contribution in [0.4, 0.5) is 17.1 Å². The van der Waals surface area contributed by atoms with E-state index in [9.17, 15) is 9.59 Å². The van der Waals surface area contributed by atoms with E-state index in [1.807, 2.05) is 79.8 Å². The Kier molecular flexibility index (Phi) is 6.85. The molecule has 0 saturated carbocycles. The van der Waals surface area contributed by atoms with Crippen LogP contribution in [0.25, 0.3) is 10.6 Å². The van der Waals surface area contributed by atoms with Crippen molar-refractivity contribution >= 4 is 62.5 Å². The number of aromatic nitrogens is 1. The lowest BCUT2D eigenvalue weighted by molar-refractivity contribution is -0.113. The van der Waals surface area contributed by atoms with Gasteiger partial charge in [0.2, 0.25) is 0 Å². The largest absolute Gasteiger partial charge is 0.337 e. The Balaban J connectivity index is 1.62. The first-order valence-corrected chi connectivity index (χ1v) is 14.5. The summed E-state index contributed by atoms with van der Waals surface area (Å²) < 4.78 is 3.01. The minimum Gasteiger partial charge on any atom is -0.337 e. The van der Waals surface area contributed by atoms with E-state index in [0.29, 0.717) is 32.8 Å². The van der Waals surface area contributed by atoms with Gasteiger partial charge in [0, 0.05) is 18.5 Å². The second-order valence-electron chi connectivity index (χ2n) is 9.24. The molecule has 7 nitrogen and oxygen atoms in total. The van der Waals surface area contributed by atoms with E-state index >= 15 is 0 Å². The smallest absolute Gasteiger partial charge is 0.283 e. The van der Waals surface area contributed by atoms with Gasteiger partial charge in [-0.1, -0.05) is 73.6 Å². The van der Waals surface area contributed by atoms with Gasteiger partial charge >= 0.3 is 0 Å². The first kappa shape index (κ1) is 25.2. The Morgan fingerprint density at radius 3 is 2.31 bits per heavy atom. The number of aliphatic imine (C=N–C) groups is 1. The number of amides is 1. The number of hydrogen-bond acceptors (Lipinski definition) is 6. The molecule has 3 heterocycles. The van der Waals surface area contributed by atoms with Crippen LogP contribution in [0.15, 0.2) is 99.6 Å². The molecule has 1 saturated heterocycles. The second kappa shape index (κ2) is 10.6. The molecule has 3 aromatic carbocycles. The molecule has 1 N–H and O–H groups in total. The number of unbranched alkanes of at least 4 members (excludes halogenated alkanes) is 1. The van der Waals surface area contributed by atoms with Crippen molar-refractivity contribution in [3.63, 3.8) is 0 Å². The van der Waals surface area contributed by atoms with Crippen LogP contribution in [0.5, 0.6) is 0 Å². The number of fused-ring (bicyclic) bond motifs is 1. The molecule has 0 radical (unpaired) electrons. The van der Waals surface area contributed by atoms with E-state index in [1.54, 1.807) is 16.3 Å². The molecule has 6 rings (SSSR count). The van der Waals surface area contributed by atoms with Gasteiger partial charge in [-0.3, -0.25) is 19.6 Å². The summed E-state index contributed by atoms with van der Waals surface area (Å²) in [5.74, 6) is 0.184. The number of hydrazine groups is 1. The maximum absolute atomic E-state index is 14.0. The number of nitrogens with zero attached hydrogens (tertiary/aromatic N) is 4. The number of anilines is 2. The lowest BCUT2D eigenvalue weighted by atomic mass is 10.2. The number of amidine groups is 1. The molecule has 1 amide bonds. The Bertz CT molecular complexity index is 1760. The van der Waals surface area contributed by atoms with E-state index < -0.39 is 0 Å². The molecule has 0 aliphatic carbocycles. The van der Waals surface area contributed by atoms with Crippen molar-refractivity contribution < 1.29 is 4.79 Å². The molecule has 1 aromatic heterocycles. The zero-order valence-corrected chi connectivity index (χ0v) is 23.3. The van der Waals surface area contributed by atoms with E-state index in [1.165, 1.54) is 16.3 Å². The van der Waals surface area contributed by atoms with Crippen molar-refractivity contribution in [1.82, 2.24) is 9.99 Å². The highest BCUT2D eigenvalue weighted by atomic mass is 32.2. The van der Waals surface area contributed by atoms with Gasteiger partial charge in [-0.2, -0.15) is 0 Å². The quantitative estimate of drug-likeness (QED) is 0.396. The fraction of sp³-hybridized carbons (Fsp3) is 0.167. The minimum atomic E-state index is -0.241. The molecule has 0 bridgehead atoms. The molecule has 2 aliphatic rings. The highest BCUT2D eigenvalue weighted by Gasteiger charge is 2.36. The number of thiazole rings is 1. The van der Waals surface area contributed by atoms with Gasteiger partial charge in [-0.25, -0.2) is 10.0 Å². The Hall–Kier alpha value is -4.08. The van der Waals surface area contributed by atoms with Gasteiger partial charge in [-0.05, 0) is 42.8 Å². The summed E-state index contributed by atoms with van der Waals surface area (Å²) in [4.78, 5) is 36.0. The average Bonchev–Trinajstić information content (AvgIpc) is 3.58. The third-order valence-corrected chi connectivity index (χ3v) is 9.20. The molecule has 4 aromatic rings. The van der Waals surface area contributed by atoms with E-state index in [2.05, 4.69) is 29.4 Å². The summed E-state index contributed by atoms with van der Waals surface area (Å²) in [5.41, 5.74) is 6.03. The summed E-state index contributed by atoms with van der Waals surface area (Å²) in [6.07, 6.45) is 1.75. The maximum Gasteiger partial charge on any atom is 0.283 e. The number of carbonyl (C=O) groups is 1. The van der Waals surface area contributed by atoms with Gasteiger partial charge in [0.15, 0.2) is 5.84 Å². The van der Waals surface area contributed by atoms with Gasteiger partial charge in [0.1, 0.15) is 19.8 Å². The second-order valence-corrected chi connectivity index (χ2v) is 11.3. The fourth-order valence-electron chi connectivity index (χ4n) is 4.64. The highest BCUT2D eigenvalue weighted by molar-refractivity contribution is 8.08. The summed E-state index contributed by atoms with van der Waals surface area (Å²) in [6, 6.07) is 27.1. The van der Waals surface area contributed by atoms with Crippen LogP contribution in [0.2, 0.25) is 0 Å². The number of nitrogens with one attached hydrogen (secondary N) is 1. The fourth-order valence-corrected chi connectivity index (χ4v) is 7.16. The molecule has 0 atom stereocenters. The zero-order chi connectivity index (χ0) is 26.9. The number of para-hydroxylation sites is 3. The van der Waals surface area contributed by atoms with Gasteiger partial charge in [-0.15, -0.1) is 11.3 Å². The summed E-state index contributed by atoms with van der Waals surface area (Å²) in [5, 5.41) is 2.38. The topological polar surface area (TPSA) is 69.9 Å². The van der Waals surface area contributed by atoms with Crippen LogP contribution in [0, 0.1) is 0 Å². The third-order valence-electron chi connectivity index (χ3n) is 6.65. The Morgan fingerprint density at radius 2 is 1.59 bits per heavy atom. The normalized spacial score (nSPS) is 18.6. The van der Waals surface area contributed by atoms with Gasteiger partial charge in [0.25, 0.3) is 11.5 Å². The van der Waals surface area contributed by atoms with Crippen molar-refractivity contribution in [1.29, 1.82) is 0 Å². The minimum absolute atomic E-state index is 0.0804. The third kappa shape index (κ3) is 4.57. The zero-order valence-electron chi connectivity index (χ0n) is 21.6. The number of hydrogen-bond donors (Lipinski definition) is 1. The van der Waals surface area contributed by atoms with E-state index in [-0.39, 0.29) is 11.5 Å². The monoisotopic (exact) mass is 553 g/mol. The van der Waals surface area contributed by atoms with Crippen LogP contribution in [0.3, 0.4) is 0 Å². The predicted octanol–water partition coefficient (Wildman–Crippen LogP) is 4.45. The Labute approximate surface area is 234 Å². The van der Waals surface area contributed by atoms with E-state index in [0.717, 1.165) is 34.1 Å². The number of rotatable bonds is 5. The predicted molar refractivity (Wildman–Crippen MR) is 161 cm³/mol. The SMILES string of the molecule is CCCCn1c(=C2C(=O)N(c3ccccc3)NC2=Nc2ccccc2)s/c(=C2\Sc3ccccc3N2C)c1=O. The van der Waals surface area contributed by atoms with Crippen molar-refractivity contribution in [2.24, 2.45) is 4.99 Å².